The van der Waals surface area contributed by atoms with Gasteiger partial charge in [-0.2, -0.15) is 0 Å². The summed E-state index contributed by atoms with van der Waals surface area (Å²) in [7, 11) is 1.74. The highest BCUT2D eigenvalue weighted by atomic mass is 16.4. The Bertz CT molecular complexity index is 419. The van der Waals surface area contributed by atoms with E-state index in [1.807, 2.05) is 0 Å². The fourth-order valence-corrected chi connectivity index (χ4v) is 2.57. The Hall–Kier alpha value is -1.59. The van der Waals surface area contributed by atoms with Gasteiger partial charge in [-0.25, -0.2) is 0 Å². The number of carbonyl (C=O) groups is 3. The van der Waals surface area contributed by atoms with E-state index < -0.39 is 11.9 Å². The molecule has 1 saturated heterocycles. The molecule has 2 amide bonds. The van der Waals surface area contributed by atoms with Crippen LogP contribution in [0.3, 0.4) is 0 Å². The van der Waals surface area contributed by atoms with Crippen LogP contribution in [0.25, 0.3) is 0 Å². The lowest BCUT2D eigenvalue weighted by atomic mass is 9.94. The van der Waals surface area contributed by atoms with Gasteiger partial charge in [0.15, 0.2) is 0 Å². The molecule has 2 aliphatic rings. The molecule has 2 rings (SSSR count). The Morgan fingerprint density at radius 3 is 2.55 bits per heavy atom. The van der Waals surface area contributed by atoms with Gasteiger partial charge in [0, 0.05) is 38.5 Å². The highest BCUT2D eigenvalue weighted by molar-refractivity contribution is 5.87. The summed E-state index contributed by atoms with van der Waals surface area (Å²) >= 11 is 0. The van der Waals surface area contributed by atoms with Gasteiger partial charge in [-0.05, 0) is 19.3 Å². The van der Waals surface area contributed by atoms with E-state index in [0.29, 0.717) is 13.0 Å². The molecule has 2 unspecified atom stereocenters. The lowest BCUT2D eigenvalue weighted by molar-refractivity contribution is -0.148. The molecule has 0 spiro atoms. The van der Waals surface area contributed by atoms with Crippen molar-refractivity contribution in [3.63, 3.8) is 0 Å². The fourth-order valence-electron chi connectivity index (χ4n) is 2.57. The predicted octanol–water partition coefficient (Wildman–Crippen LogP) is 0.567. The maximum absolute atomic E-state index is 12.6. The Labute approximate surface area is 118 Å². The van der Waals surface area contributed by atoms with Gasteiger partial charge in [-0.15, -0.1) is 0 Å². The van der Waals surface area contributed by atoms with E-state index in [9.17, 15) is 14.4 Å². The van der Waals surface area contributed by atoms with E-state index >= 15 is 0 Å². The highest BCUT2D eigenvalue weighted by Crippen LogP contribution is 2.31. The molecule has 1 saturated carbocycles. The van der Waals surface area contributed by atoms with E-state index in [1.165, 1.54) is 0 Å². The van der Waals surface area contributed by atoms with Crippen LogP contribution in [-0.4, -0.2) is 58.9 Å². The molecule has 6 nitrogen and oxygen atoms in total. The quantitative estimate of drug-likeness (QED) is 0.799. The van der Waals surface area contributed by atoms with Gasteiger partial charge in [0.05, 0.1) is 5.92 Å². The lowest BCUT2D eigenvalue weighted by Crippen LogP contribution is -2.46. The zero-order valence-electron chi connectivity index (χ0n) is 12.0. The van der Waals surface area contributed by atoms with E-state index in [1.54, 1.807) is 23.8 Å². The van der Waals surface area contributed by atoms with Crippen LogP contribution in [0.2, 0.25) is 0 Å². The first-order valence-corrected chi connectivity index (χ1v) is 7.17. The maximum Gasteiger partial charge on any atom is 0.308 e. The number of nitrogens with zero attached hydrogens (tertiary/aromatic N) is 2. The van der Waals surface area contributed by atoms with Gasteiger partial charge < -0.3 is 14.9 Å². The molecule has 2 atom stereocenters. The number of hydrogen-bond acceptors (Lipinski definition) is 3. The molecule has 1 aliphatic carbocycles. The number of rotatable bonds is 5. The summed E-state index contributed by atoms with van der Waals surface area (Å²) in [5.41, 5.74) is 0. The van der Waals surface area contributed by atoms with Crippen LogP contribution in [0.1, 0.15) is 32.6 Å². The zero-order chi connectivity index (χ0) is 14.9. The van der Waals surface area contributed by atoms with Crippen molar-refractivity contribution in [1.82, 2.24) is 9.80 Å². The van der Waals surface area contributed by atoms with Gasteiger partial charge in [-0.1, -0.05) is 6.92 Å². The third kappa shape index (κ3) is 3.29. The smallest absolute Gasteiger partial charge is 0.308 e. The second kappa shape index (κ2) is 5.81. The van der Waals surface area contributed by atoms with Gasteiger partial charge in [0.25, 0.3) is 0 Å². The number of likely N-dealkylation sites (tertiary alicyclic amines) is 1. The minimum atomic E-state index is -0.886. The molecule has 0 aromatic rings. The number of carbonyl (C=O) groups excluding carboxylic acids is 2. The lowest BCUT2D eigenvalue weighted by Gasteiger charge is -2.33. The van der Waals surface area contributed by atoms with Crippen LogP contribution >= 0.6 is 0 Å². The predicted molar refractivity (Wildman–Crippen MR) is 71.9 cm³/mol. The second-order valence-electron chi connectivity index (χ2n) is 5.97. The topological polar surface area (TPSA) is 77.9 Å². The molecule has 0 aromatic carbocycles. The van der Waals surface area contributed by atoms with Crippen LogP contribution in [0, 0.1) is 11.8 Å². The summed E-state index contributed by atoms with van der Waals surface area (Å²) in [6.07, 6.45) is 2.81. The van der Waals surface area contributed by atoms with Crippen molar-refractivity contribution in [3.05, 3.63) is 0 Å². The third-order valence-electron chi connectivity index (χ3n) is 4.17. The molecule has 6 heteroatoms. The Balaban J connectivity index is 2.00. The summed E-state index contributed by atoms with van der Waals surface area (Å²) in [6, 6.07) is 0.180. The van der Waals surface area contributed by atoms with Crippen molar-refractivity contribution < 1.29 is 19.5 Å². The molecular weight excluding hydrogens is 260 g/mol. The standard InChI is InChI=1S/C14H22N2O4/c1-9(14(19)20)8-16(11-3-4-11)13(18)10-5-6-15(2)12(17)7-10/h9-11H,3-8H2,1-2H3,(H,19,20). The summed E-state index contributed by atoms with van der Waals surface area (Å²) < 4.78 is 0. The van der Waals surface area contributed by atoms with E-state index in [2.05, 4.69) is 0 Å². The van der Waals surface area contributed by atoms with Crippen LogP contribution in [0.5, 0.6) is 0 Å². The number of piperidine rings is 1. The molecule has 0 bridgehead atoms. The molecule has 1 heterocycles. The molecule has 0 radical (unpaired) electrons. The summed E-state index contributed by atoms with van der Waals surface area (Å²) in [5, 5.41) is 9.00. The number of hydrogen-bond donors (Lipinski definition) is 1. The normalized spacial score (nSPS) is 24.4. The summed E-state index contributed by atoms with van der Waals surface area (Å²) in [5.74, 6) is -1.77. The maximum atomic E-state index is 12.6. The Morgan fingerprint density at radius 1 is 1.40 bits per heavy atom. The SMILES string of the molecule is CC(CN(C(=O)C1CCN(C)C(=O)C1)C1CC1)C(=O)O. The number of amides is 2. The van der Waals surface area contributed by atoms with Crippen molar-refractivity contribution in [2.75, 3.05) is 20.1 Å². The van der Waals surface area contributed by atoms with Gasteiger partial charge in [0.1, 0.15) is 0 Å². The van der Waals surface area contributed by atoms with Gasteiger partial charge in [-0.3, -0.25) is 14.4 Å². The number of aliphatic carboxylic acids is 1. The van der Waals surface area contributed by atoms with Gasteiger partial charge in [0.2, 0.25) is 11.8 Å². The fraction of sp³-hybridized carbons (Fsp3) is 0.786. The zero-order valence-corrected chi connectivity index (χ0v) is 12.0. The van der Waals surface area contributed by atoms with Crippen molar-refractivity contribution in [1.29, 1.82) is 0 Å². The second-order valence-corrected chi connectivity index (χ2v) is 5.97. The van der Waals surface area contributed by atoms with Crippen LogP contribution in [-0.2, 0) is 14.4 Å². The van der Waals surface area contributed by atoms with Crippen LogP contribution in [0.15, 0.2) is 0 Å². The van der Waals surface area contributed by atoms with Crippen molar-refractivity contribution in [2.45, 2.75) is 38.6 Å². The summed E-state index contributed by atoms with van der Waals surface area (Å²) in [4.78, 5) is 38.6. The number of carboxylic acids is 1. The molecule has 1 N–H and O–H groups in total. The monoisotopic (exact) mass is 282 g/mol. The number of carboxylic acid groups (broad SMARTS) is 1. The Morgan fingerprint density at radius 2 is 2.05 bits per heavy atom. The first-order chi connectivity index (χ1) is 9.40. The van der Waals surface area contributed by atoms with E-state index in [0.717, 1.165) is 12.8 Å². The van der Waals surface area contributed by atoms with Crippen LogP contribution < -0.4 is 0 Å². The van der Waals surface area contributed by atoms with Crippen molar-refractivity contribution in [2.24, 2.45) is 11.8 Å². The summed E-state index contributed by atoms with van der Waals surface area (Å²) in [6.45, 7) is 2.46. The Kier molecular flexibility index (Phi) is 4.30. The molecule has 112 valence electrons. The first kappa shape index (κ1) is 14.8. The van der Waals surface area contributed by atoms with E-state index in [4.69, 9.17) is 5.11 Å². The minimum Gasteiger partial charge on any atom is -0.481 e. The molecular formula is C14H22N2O4. The third-order valence-corrected chi connectivity index (χ3v) is 4.17. The van der Waals surface area contributed by atoms with Crippen LogP contribution in [0.4, 0.5) is 0 Å². The first-order valence-electron chi connectivity index (χ1n) is 7.17. The van der Waals surface area contributed by atoms with Crippen molar-refractivity contribution in [3.8, 4) is 0 Å². The highest BCUT2D eigenvalue weighted by Gasteiger charge is 2.39. The van der Waals surface area contributed by atoms with E-state index in [-0.39, 0.29) is 36.7 Å². The van der Waals surface area contributed by atoms with Gasteiger partial charge >= 0.3 is 5.97 Å². The largest absolute Gasteiger partial charge is 0.481 e. The molecule has 1 aliphatic heterocycles. The molecule has 0 aromatic heterocycles. The minimum absolute atomic E-state index is 0.00312. The van der Waals surface area contributed by atoms with Crippen molar-refractivity contribution >= 4 is 17.8 Å². The molecule has 2 fully saturated rings. The average molecular weight is 282 g/mol. The molecule has 20 heavy (non-hydrogen) atoms. The average Bonchev–Trinajstić information content (AvgIpc) is 3.22.